The summed E-state index contributed by atoms with van der Waals surface area (Å²) in [5.41, 5.74) is 0.460. The highest BCUT2D eigenvalue weighted by atomic mass is 35.5. The summed E-state index contributed by atoms with van der Waals surface area (Å²) >= 11 is 6.03. The van der Waals surface area contributed by atoms with E-state index in [4.69, 9.17) is 16.3 Å². The van der Waals surface area contributed by atoms with Crippen LogP contribution in [0.3, 0.4) is 0 Å². The van der Waals surface area contributed by atoms with Crippen molar-refractivity contribution in [2.24, 2.45) is 0 Å². The molecule has 112 valence electrons. The van der Waals surface area contributed by atoms with Gasteiger partial charge in [-0.1, -0.05) is 18.5 Å². The van der Waals surface area contributed by atoms with Crippen LogP contribution < -0.4 is 10.1 Å². The van der Waals surface area contributed by atoms with Gasteiger partial charge in [-0.15, -0.1) is 0 Å². The van der Waals surface area contributed by atoms with Crippen LogP contribution in [0.25, 0.3) is 0 Å². The Balaban J connectivity index is 2.10. The fraction of sp³-hybridized carbons (Fsp3) is 0.267. The summed E-state index contributed by atoms with van der Waals surface area (Å²) in [6, 6.07) is 6.47. The van der Waals surface area contributed by atoms with Gasteiger partial charge in [-0.3, -0.25) is 0 Å². The molecule has 1 aromatic heterocycles. The van der Waals surface area contributed by atoms with Gasteiger partial charge < -0.3 is 10.1 Å². The standard InChI is InChI=1S/C15H15ClF2N2O/c1-2-7-19-15-6-4-11(16)13(20-15)9-21-14-8-10(17)3-5-12(14)18/h3-6,8H,2,7,9H2,1H3,(H,19,20). The van der Waals surface area contributed by atoms with E-state index < -0.39 is 11.6 Å². The highest BCUT2D eigenvalue weighted by Crippen LogP contribution is 2.22. The minimum atomic E-state index is -0.632. The normalized spacial score (nSPS) is 10.5. The maximum Gasteiger partial charge on any atom is 0.165 e. The fourth-order valence-corrected chi connectivity index (χ4v) is 1.83. The summed E-state index contributed by atoms with van der Waals surface area (Å²) in [4.78, 5) is 4.29. The summed E-state index contributed by atoms with van der Waals surface area (Å²) in [7, 11) is 0. The third kappa shape index (κ3) is 4.29. The Hall–Kier alpha value is -1.88. The first-order valence-electron chi connectivity index (χ1n) is 6.57. The average molecular weight is 313 g/mol. The summed E-state index contributed by atoms with van der Waals surface area (Å²) in [5.74, 6) is -0.698. The molecule has 0 bridgehead atoms. The highest BCUT2D eigenvalue weighted by molar-refractivity contribution is 6.31. The molecule has 0 saturated carbocycles. The molecule has 0 radical (unpaired) electrons. The zero-order valence-electron chi connectivity index (χ0n) is 11.5. The van der Waals surface area contributed by atoms with Gasteiger partial charge in [0.1, 0.15) is 18.2 Å². The third-order valence-electron chi connectivity index (χ3n) is 2.73. The molecule has 1 heterocycles. The Kier molecular flexibility index (Phi) is 5.33. The summed E-state index contributed by atoms with van der Waals surface area (Å²) in [5, 5.41) is 3.53. The van der Waals surface area contributed by atoms with Crippen molar-refractivity contribution in [2.75, 3.05) is 11.9 Å². The number of pyridine rings is 1. The quantitative estimate of drug-likeness (QED) is 0.857. The predicted molar refractivity (Wildman–Crippen MR) is 78.7 cm³/mol. The number of hydrogen-bond donors (Lipinski definition) is 1. The zero-order chi connectivity index (χ0) is 15.2. The second-order valence-corrected chi connectivity index (χ2v) is 4.82. The van der Waals surface area contributed by atoms with Gasteiger partial charge in [0.15, 0.2) is 11.6 Å². The van der Waals surface area contributed by atoms with Gasteiger partial charge in [-0.05, 0) is 30.7 Å². The molecular formula is C15H15ClF2N2O. The SMILES string of the molecule is CCCNc1ccc(Cl)c(COc2cc(F)ccc2F)n1. The van der Waals surface area contributed by atoms with Gasteiger partial charge >= 0.3 is 0 Å². The maximum atomic E-state index is 13.5. The van der Waals surface area contributed by atoms with Crippen molar-refractivity contribution in [2.45, 2.75) is 20.0 Å². The highest BCUT2D eigenvalue weighted by Gasteiger charge is 2.09. The van der Waals surface area contributed by atoms with E-state index in [1.54, 1.807) is 12.1 Å². The largest absolute Gasteiger partial charge is 0.484 e. The second-order valence-electron chi connectivity index (χ2n) is 4.42. The number of halogens is 3. The summed E-state index contributed by atoms with van der Waals surface area (Å²) in [6.45, 7) is 2.79. The Morgan fingerprint density at radius 3 is 2.81 bits per heavy atom. The maximum absolute atomic E-state index is 13.5. The molecule has 1 N–H and O–H groups in total. The van der Waals surface area contributed by atoms with E-state index in [2.05, 4.69) is 10.3 Å². The van der Waals surface area contributed by atoms with Crippen LogP contribution in [0.4, 0.5) is 14.6 Å². The first-order valence-corrected chi connectivity index (χ1v) is 6.95. The lowest BCUT2D eigenvalue weighted by molar-refractivity contribution is 0.284. The van der Waals surface area contributed by atoms with E-state index in [9.17, 15) is 8.78 Å². The lowest BCUT2D eigenvalue weighted by atomic mass is 10.3. The van der Waals surface area contributed by atoms with Gasteiger partial charge in [-0.25, -0.2) is 13.8 Å². The number of nitrogens with zero attached hydrogens (tertiary/aromatic N) is 1. The number of ether oxygens (including phenoxy) is 1. The fourth-order valence-electron chi connectivity index (χ4n) is 1.67. The van der Waals surface area contributed by atoms with Crippen LogP contribution in [-0.2, 0) is 6.61 Å². The zero-order valence-corrected chi connectivity index (χ0v) is 12.3. The molecule has 0 amide bonds. The first kappa shape index (κ1) is 15.5. The Morgan fingerprint density at radius 1 is 1.24 bits per heavy atom. The van der Waals surface area contributed by atoms with Gasteiger partial charge in [0, 0.05) is 12.6 Å². The van der Waals surface area contributed by atoms with E-state index in [-0.39, 0.29) is 12.4 Å². The van der Waals surface area contributed by atoms with Crippen molar-refractivity contribution in [1.82, 2.24) is 4.98 Å². The van der Waals surface area contributed by atoms with Crippen LogP contribution in [0.5, 0.6) is 5.75 Å². The van der Waals surface area contributed by atoms with Crippen LogP contribution in [-0.4, -0.2) is 11.5 Å². The summed E-state index contributed by atoms with van der Waals surface area (Å²) < 4.78 is 31.8. The molecule has 0 aliphatic heterocycles. The van der Waals surface area contributed by atoms with E-state index in [1.807, 2.05) is 6.92 Å². The molecule has 1 aromatic carbocycles. The molecule has 21 heavy (non-hydrogen) atoms. The van der Waals surface area contributed by atoms with Gasteiger partial charge in [-0.2, -0.15) is 0 Å². The Labute approximate surface area is 126 Å². The number of benzene rings is 1. The summed E-state index contributed by atoms with van der Waals surface area (Å²) in [6.07, 6.45) is 0.963. The molecule has 6 heteroatoms. The van der Waals surface area contributed by atoms with E-state index in [1.165, 1.54) is 0 Å². The van der Waals surface area contributed by atoms with E-state index >= 15 is 0 Å². The van der Waals surface area contributed by atoms with Crippen molar-refractivity contribution in [3.05, 3.63) is 52.7 Å². The molecule has 0 atom stereocenters. The number of rotatable bonds is 6. The van der Waals surface area contributed by atoms with Crippen LogP contribution in [0, 0.1) is 11.6 Å². The molecule has 2 rings (SSSR count). The average Bonchev–Trinajstić information content (AvgIpc) is 2.48. The second kappa shape index (κ2) is 7.22. The van der Waals surface area contributed by atoms with Gasteiger partial charge in [0.05, 0.1) is 10.7 Å². The van der Waals surface area contributed by atoms with Crippen LogP contribution in [0.15, 0.2) is 30.3 Å². The molecule has 0 fully saturated rings. The van der Waals surface area contributed by atoms with E-state index in [0.717, 1.165) is 31.2 Å². The molecule has 0 unspecified atom stereocenters. The molecule has 3 nitrogen and oxygen atoms in total. The predicted octanol–water partition coefficient (Wildman–Crippen LogP) is 4.41. The monoisotopic (exact) mass is 312 g/mol. The minimum absolute atomic E-state index is 0.0408. The van der Waals surface area contributed by atoms with Crippen LogP contribution in [0.1, 0.15) is 19.0 Å². The van der Waals surface area contributed by atoms with Crippen molar-refractivity contribution in [1.29, 1.82) is 0 Å². The number of hydrogen-bond acceptors (Lipinski definition) is 3. The van der Waals surface area contributed by atoms with Crippen molar-refractivity contribution >= 4 is 17.4 Å². The molecule has 0 saturated heterocycles. The molecule has 2 aromatic rings. The third-order valence-corrected chi connectivity index (χ3v) is 3.08. The smallest absolute Gasteiger partial charge is 0.165 e. The number of nitrogens with one attached hydrogen (secondary N) is 1. The van der Waals surface area contributed by atoms with Crippen molar-refractivity contribution < 1.29 is 13.5 Å². The number of aromatic nitrogens is 1. The molecule has 0 aliphatic carbocycles. The van der Waals surface area contributed by atoms with Crippen molar-refractivity contribution in [3.63, 3.8) is 0 Å². The Morgan fingerprint density at radius 2 is 2.05 bits per heavy atom. The van der Waals surface area contributed by atoms with E-state index in [0.29, 0.717) is 16.5 Å². The minimum Gasteiger partial charge on any atom is -0.484 e. The lowest BCUT2D eigenvalue weighted by Crippen LogP contribution is -2.06. The topological polar surface area (TPSA) is 34.1 Å². The number of anilines is 1. The van der Waals surface area contributed by atoms with Gasteiger partial charge in [0.25, 0.3) is 0 Å². The molecular weight excluding hydrogens is 298 g/mol. The van der Waals surface area contributed by atoms with Gasteiger partial charge in [0.2, 0.25) is 0 Å². The van der Waals surface area contributed by atoms with Crippen molar-refractivity contribution in [3.8, 4) is 5.75 Å². The lowest BCUT2D eigenvalue weighted by Gasteiger charge is -2.10. The molecule has 0 spiro atoms. The Bertz CT molecular complexity index is 623. The first-order chi connectivity index (χ1) is 10.1. The molecule has 0 aliphatic rings. The van der Waals surface area contributed by atoms with Crippen LogP contribution in [0.2, 0.25) is 5.02 Å². The van der Waals surface area contributed by atoms with Crippen LogP contribution >= 0.6 is 11.6 Å².